The van der Waals surface area contributed by atoms with E-state index in [0.29, 0.717) is 24.6 Å². The lowest BCUT2D eigenvalue weighted by Gasteiger charge is -2.30. The molecular weight excluding hydrogens is 392 g/mol. The summed E-state index contributed by atoms with van der Waals surface area (Å²) in [4.78, 5) is 27.5. The van der Waals surface area contributed by atoms with E-state index in [1.807, 2.05) is 78.9 Å². The standard InChI is InChI=1S/C25H24N2O4/c1-18(28)27(16-19-8-4-2-5-9-19)24(21-10-6-3-7-11-21)25(29)26-15-20-12-13-22-23(14-20)31-17-30-22/h2-14,24H,15-17H2,1H3,(H,26,29). The van der Waals surface area contributed by atoms with Gasteiger partial charge in [-0.05, 0) is 28.8 Å². The molecule has 6 heteroatoms. The second-order valence-electron chi connectivity index (χ2n) is 7.35. The molecule has 0 bridgehead atoms. The van der Waals surface area contributed by atoms with E-state index in [1.54, 1.807) is 4.90 Å². The first-order valence-corrected chi connectivity index (χ1v) is 10.1. The van der Waals surface area contributed by atoms with Crippen molar-refractivity contribution < 1.29 is 19.1 Å². The van der Waals surface area contributed by atoms with Crippen LogP contribution in [0.5, 0.6) is 11.5 Å². The minimum Gasteiger partial charge on any atom is -0.454 e. The number of nitrogens with zero attached hydrogens (tertiary/aromatic N) is 1. The number of benzene rings is 3. The van der Waals surface area contributed by atoms with Gasteiger partial charge in [0.2, 0.25) is 18.6 Å². The average molecular weight is 416 g/mol. The third-order valence-electron chi connectivity index (χ3n) is 5.18. The molecule has 6 nitrogen and oxygen atoms in total. The lowest BCUT2D eigenvalue weighted by molar-refractivity contribution is -0.140. The summed E-state index contributed by atoms with van der Waals surface area (Å²) in [5, 5.41) is 2.98. The predicted molar refractivity (Wildman–Crippen MR) is 116 cm³/mol. The second kappa shape index (κ2) is 9.34. The van der Waals surface area contributed by atoms with Crippen LogP contribution < -0.4 is 14.8 Å². The molecule has 1 aliphatic rings. The van der Waals surface area contributed by atoms with Crippen molar-refractivity contribution >= 4 is 11.8 Å². The Bertz CT molecular complexity index is 1050. The molecule has 4 rings (SSSR count). The summed E-state index contributed by atoms with van der Waals surface area (Å²) in [6, 6.07) is 23.9. The lowest BCUT2D eigenvalue weighted by atomic mass is 10.0. The molecule has 0 saturated heterocycles. The number of carbonyl (C=O) groups is 2. The molecule has 31 heavy (non-hydrogen) atoms. The largest absolute Gasteiger partial charge is 0.454 e. The van der Waals surface area contributed by atoms with Gasteiger partial charge in [0.1, 0.15) is 6.04 Å². The van der Waals surface area contributed by atoms with Crippen LogP contribution in [0.1, 0.15) is 29.7 Å². The highest BCUT2D eigenvalue weighted by Crippen LogP contribution is 2.32. The zero-order valence-corrected chi connectivity index (χ0v) is 17.3. The van der Waals surface area contributed by atoms with Gasteiger partial charge in [-0.25, -0.2) is 0 Å². The van der Waals surface area contributed by atoms with Crippen LogP contribution in [0.2, 0.25) is 0 Å². The van der Waals surface area contributed by atoms with Crippen LogP contribution in [0.4, 0.5) is 0 Å². The first-order chi connectivity index (χ1) is 15.1. The number of carbonyl (C=O) groups excluding carboxylic acids is 2. The second-order valence-corrected chi connectivity index (χ2v) is 7.35. The summed E-state index contributed by atoms with van der Waals surface area (Å²) < 4.78 is 10.7. The quantitative estimate of drug-likeness (QED) is 0.636. The summed E-state index contributed by atoms with van der Waals surface area (Å²) in [6.45, 7) is 2.35. The molecule has 0 fully saturated rings. The van der Waals surface area contributed by atoms with E-state index in [-0.39, 0.29) is 18.6 Å². The van der Waals surface area contributed by atoms with Crippen molar-refractivity contribution in [2.24, 2.45) is 0 Å². The Morgan fingerprint density at radius 1 is 0.903 bits per heavy atom. The number of hydrogen-bond acceptors (Lipinski definition) is 4. The van der Waals surface area contributed by atoms with Crippen LogP contribution in [-0.4, -0.2) is 23.5 Å². The third kappa shape index (κ3) is 4.86. The van der Waals surface area contributed by atoms with Crippen molar-refractivity contribution in [3.63, 3.8) is 0 Å². The molecular formula is C25H24N2O4. The normalized spacial score (nSPS) is 12.8. The molecule has 0 radical (unpaired) electrons. The molecule has 0 aromatic heterocycles. The van der Waals surface area contributed by atoms with Crippen LogP contribution >= 0.6 is 0 Å². The first-order valence-electron chi connectivity index (χ1n) is 10.1. The van der Waals surface area contributed by atoms with Gasteiger partial charge < -0.3 is 19.7 Å². The number of fused-ring (bicyclic) bond motifs is 1. The Balaban J connectivity index is 1.56. The number of hydrogen-bond donors (Lipinski definition) is 1. The average Bonchev–Trinajstić information content (AvgIpc) is 3.26. The molecule has 1 N–H and O–H groups in total. The number of amides is 2. The maximum atomic E-state index is 13.3. The van der Waals surface area contributed by atoms with Gasteiger partial charge in [-0.2, -0.15) is 0 Å². The Morgan fingerprint density at radius 2 is 1.58 bits per heavy atom. The minimum atomic E-state index is -0.743. The van der Waals surface area contributed by atoms with Gasteiger partial charge in [0, 0.05) is 20.0 Å². The van der Waals surface area contributed by atoms with Crippen LogP contribution in [0.3, 0.4) is 0 Å². The Kier molecular flexibility index (Phi) is 6.17. The molecule has 3 aromatic rings. The van der Waals surface area contributed by atoms with Crippen LogP contribution in [0.25, 0.3) is 0 Å². The SMILES string of the molecule is CC(=O)N(Cc1ccccc1)C(C(=O)NCc1ccc2c(c1)OCO2)c1ccccc1. The van der Waals surface area contributed by atoms with Crippen molar-refractivity contribution in [1.29, 1.82) is 0 Å². The maximum absolute atomic E-state index is 13.3. The van der Waals surface area contributed by atoms with E-state index >= 15 is 0 Å². The molecule has 0 saturated carbocycles. The molecule has 2 amide bonds. The van der Waals surface area contributed by atoms with Gasteiger partial charge in [-0.15, -0.1) is 0 Å². The van der Waals surface area contributed by atoms with Crippen molar-refractivity contribution in [2.75, 3.05) is 6.79 Å². The van der Waals surface area contributed by atoms with Crippen LogP contribution in [-0.2, 0) is 22.7 Å². The summed E-state index contributed by atoms with van der Waals surface area (Å²) in [5.41, 5.74) is 2.61. The molecule has 158 valence electrons. The van der Waals surface area contributed by atoms with E-state index in [1.165, 1.54) is 6.92 Å². The topological polar surface area (TPSA) is 67.9 Å². The van der Waals surface area contributed by atoms with Gasteiger partial charge >= 0.3 is 0 Å². The third-order valence-corrected chi connectivity index (χ3v) is 5.18. The van der Waals surface area contributed by atoms with Crippen molar-refractivity contribution in [1.82, 2.24) is 10.2 Å². The first kappa shape index (κ1) is 20.5. The van der Waals surface area contributed by atoms with E-state index in [4.69, 9.17) is 9.47 Å². The van der Waals surface area contributed by atoms with Gasteiger partial charge in [-0.1, -0.05) is 66.7 Å². The maximum Gasteiger partial charge on any atom is 0.247 e. The highest BCUT2D eigenvalue weighted by molar-refractivity contribution is 5.88. The summed E-state index contributed by atoms with van der Waals surface area (Å²) in [7, 11) is 0. The highest BCUT2D eigenvalue weighted by atomic mass is 16.7. The molecule has 3 aromatic carbocycles. The van der Waals surface area contributed by atoms with E-state index < -0.39 is 6.04 Å². The zero-order valence-electron chi connectivity index (χ0n) is 17.3. The van der Waals surface area contributed by atoms with Gasteiger partial charge in [0.15, 0.2) is 11.5 Å². The van der Waals surface area contributed by atoms with E-state index in [0.717, 1.165) is 16.7 Å². The fourth-order valence-corrected chi connectivity index (χ4v) is 3.61. The van der Waals surface area contributed by atoms with E-state index in [9.17, 15) is 9.59 Å². The highest BCUT2D eigenvalue weighted by Gasteiger charge is 2.29. The molecule has 1 atom stereocenters. The Hall–Kier alpha value is -3.80. The smallest absolute Gasteiger partial charge is 0.247 e. The zero-order chi connectivity index (χ0) is 21.6. The summed E-state index contributed by atoms with van der Waals surface area (Å²) in [6.07, 6.45) is 0. The molecule has 1 aliphatic heterocycles. The molecule has 0 aliphatic carbocycles. The molecule has 1 unspecified atom stereocenters. The number of rotatable bonds is 7. The van der Waals surface area contributed by atoms with E-state index in [2.05, 4.69) is 5.32 Å². The van der Waals surface area contributed by atoms with Crippen LogP contribution in [0, 0.1) is 0 Å². The fourth-order valence-electron chi connectivity index (χ4n) is 3.61. The van der Waals surface area contributed by atoms with Gasteiger partial charge in [0.05, 0.1) is 0 Å². The lowest BCUT2D eigenvalue weighted by Crippen LogP contribution is -2.42. The van der Waals surface area contributed by atoms with Crippen LogP contribution in [0.15, 0.2) is 78.9 Å². The number of ether oxygens (including phenoxy) is 2. The van der Waals surface area contributed by atoms with Crippen molar-refractivity contribution in [2.45, 2.75) is 26.1 Å². The fraction of sp³-hybridized carbons (Fsp3) is 0.200. The van der Waals surface area contributed by atoms with Crippen molar-refractivity contribution in [3.8, 4) is 11.5 Å². The predicted octanol–water partition coefficient (Wildman–Crippen LogP) is 3.82. The summed E-state index contributed by atoms with van der Waals surface area (Å²) in [5.74, 6) is 0.953. The van der Waals surface area contributed by atoms with Gasteiger partial charge in [-0.3, -0.25) is 9.59 Å². The number of nitrogens with one attached hydrogen (secondary N) is 1. The Morgan fingerprint density at radius 3 is 2.29 bits per heavy atom. The molecule has 1 heterocycles. The Labute approximate surface area is 181 Å². The molecule has 0 spiro atoms. The van der Waals surface area contributed by atoms with Crippen molar-refractivity contribution in [3.05, 3.63) is 95.6 Å². The monoisotopic (exact) mass is 416 g/mol. The van der Waals surface area contributed by atoms with Gasteiger partial charge in [0.25, 0.3) is 0 Å². The minimum absolute atomic E-state index is 0.170. The summed E-state index contributed by atoms with van der Waals surface area (Å²) >= 11 is 0.